The molecular formula is C45H49N5O9S. The first-order valence-corrected chi connectivity index (χ1v) is 20.8. The van der Waals surface area contributed by atoms with Crippen LogP contribution in [0.1, 0.15) is 58.3 Å². The molecule has 1 aliphatic heterocycles. The van der Waals surface area contributed by atoms with Gasteiger partial charge < -0.3 is 29.7 Å². The molecular weight excluding hydrogens is 787 g/mol. The number of nitrogens with one attached hydrogen (secondary N) is 3. The number of likely N-dealkylation sites (tertiary alicyclic amines) is 1. The molecule has 0 spiro atoms. The molecule has 5 aromatic rings. The number of alkyl carbamates (subject to hydrolysis) is 1. The van der Waals surface area contributed by atoms with Crippen LogP contribution in [0.25, 0.3) is 22.2 Å². The van der Waals surface area contributed by atoms with Crippen LogP contribution in [-0.4, -0.2) is 79.6 Å². The van der Waals surface area contributed by atoms with Crippen molar-refractivity contribution in [1.82, 2.24) is 19.9 Å². The average Bonchev–Trinajstić information content (AvgIpc) is 3.63. The number of amides is 4. The number of methoxy groups -OCH3 is 1. The molecule has 1 saturated heterocycles. The largest absolute Gasteiger partial charge is 0.497 e. The molecule has 0 unspecified atom stereocenters. The minimum absolute atomic E-state index is 0.00482. The highest BCUT2D eigenvalue weighted by molar-refractivity contribution is 7.90. The number of rotatable bonds is 11. The Morgan fingerprint density at radius 2 is 1.48 bits per heavy atom. The van der Waals surface area contributed by atoms with Gasteiger partial charge in [-0.2, -0.15) is 0 Å². The number of carbonyl (C=O) groups excluding carboxylic acids is 4. The zero-order valence-corrected chi connectivity index (χ0v) is 35.3. The molecule has 0 radical (unpaired) electrons. The summed E-state index contributed by atoms with van der Waals surface area (Å²) in [6.45, 7) is 10.6. The highest BCUT2D eigenvalue weighted by Crippen LogP contribution is 2.35. The fourth-order valence-corrected chi connectivity index (χ4v) is 7.72. The summed E-state index contributed by atoms with van der Waals surface area (Å²) in [7, 11) is -2.55. The van der Waals surface area contributed by atoms with Crippen LogP contribution in [-0.2, 0) is 24.3 Å². The van der Waals surface area contributed by atoms with Gasteiger partial charge in [-0.3, -0.25) is 14.4 Å². The van der Waals surface area contributed by atoms with Gasteiger partial charge in [-0.05, 0) is 74.7 Å². The third-order valence-corrected chi connectivity index (χ3v) is 11.0. The predicted octanol–water partition coefficient (Wildman–Crippen LogP) is 6.96. The highest BCUT2D eigenvalue weighted by Gasteiger charge is 2.46. The topological polar surface area (TPSA) is 182 Å². The van der Waals surface area contributed by atoms with E-state index in [1.807, 2.05) is 48.5 Å². The molecule has 6 rings (SSSR count). The second-order valence-corrected chi connectivity index (χ2v) is 18.2. The molecule has 3 N–H and O–H groups in total. The maximum Gasteiger partial charge on any atom is 0.408 e. The van der Waals surface area contributed by atoms with E-state index in [9.17, 15) is 27.6 Å². The molecule has 4 aromatic carbocycles. The third kappa shape index (κ3) is 10.4. The van der Waals surface area contributed by atoms with E-state index in [-0.39, 0.29) is 23.4 Å². The second-order valence-electron chi connectivity index (χ2n) is 16.5. The average molecular weight is 836 g/mol. The molecule has 0 saturated carbocycles. The summed E-state index contributed by atoms with van der Waals surface area (Å²) >= 11 is 0. The Hall–Kier alpha value is -6.48. The summed E-state index contributed by atoms with van der Waals surface area (Å²) in [5.41, 5.74) is 0.828. The van der Waals surface area contributed by atoms with Gasteiger partial charge in [0.25, 0.3) is 15.9 Å². The van der Waals surface area contributed by atoms with Crippen LogP contribution < -0.4 is 24.8 Å². The number of aromatic nitrogens is 1. The molecule has 15 heteroatoms. The summed E-state index contributed by atoms with van der Waals surface area (Å²) in [5.74, 6) is -0.815. The van der Waals surface area contributed by atoms with Gasteiger partial charge in [0.2, 0.25) is 11.8 Å². The van der Waals surface area contributed by atoms with Gasteiger partial charge in [0.15, 0.2) is 0 Å². The van der Waals surface area contributed by atoms with Gasteiger partial charge in [-0.25, -0.2) is 22.9 Å². The lowest BCUT2D eigenvalue weighted by Gasteiger charge is -2.35. The number of benzene rings is 4. The number of ether oxygens (including phenoxy) is 3. The van der Waals surface area contributed by atoms with Crippen molar-refractivity contribution in [3.63, 3.8) is 0 Å². The number of nitrogens with zero attached hydrogens (tertiary/aromatic N) is 2. The molecule has 60 heavy (non-hydrogen) atoms. The predicted molar refractivity (Wildman–Crippen MR) is 227 cm³/mol. The van der Waals surface area contributed by atoms with Crippen molar-refractivity contribution in [3.05, 3.63) is 115 Å². The summed E-state index contributed by atoms with van der Waals surface area (Å²) in [5, 5.41) is 6.28. The summed E-state index contributed by atoms with van der Waals surface area (Å²) in [6, 6.07) is 27.9. The summed E-state index contributed by atoms with van der Waals surface area (Å²) < 4.78 is 45.2. The van der Waals surface area contributed by atoms with Crippen LogP contribution in [0.2, 0.25) is 0 Å². The molecule has 1 aromatic heterocycles. The maximum atomic E-state index is 14.6. The lowest BCUT2D eigenvalue weighted by molar-refractivity contribution is -0.140. The van der Waals surface area contributed by atoms with Crippen LogP contribution >= 0.6 is 0 Å². The van der Waals surface area contributed by atoms with E-state index in [1.54, 1.807) is 72.9 Å². The summed E-state index contributed by atoms with van der Waals surface area (Å²) in [4.78, 5) is 61.0. The SMILES string of the molecule is COc1ccc2c(O[C@@H]3C[C@@H](C(=O)Nc4ccc(C(=O)NS(=O)(=O)c5ccccc5)cc4)N(C(=O)[C@@H](NC(=O)OC(C)(C)C)C(C)(C)C)C3)cc(-c3ccccc3)nc2c1. The van der Waals surface area contributed by atoms with Gasteiger partial charge in [0, 0.05) is 40.8 Å². The Kier molecular flexibility index (Phi) is 12.5. The van der Waals surface area contributed by atoms with E-state index in [1.165, 1.54) is 41.3 Å². The van der Waals surface area contributed by atoms with E-state index in [2.05, 4.69) is 15.4 Å². The van der Waals surface area contributed by atoms with E-state index in [0.717, 1.165) is 5.56 Å². The minimum Gasteiger partial charge on any atom is -0.497 e. The van der Waals surface area contributed by atoms with E-state index < -0.39 is 63.0 Å². The lowest BCUT2D eigenvalue weighted by Crippen LogP contribution is -2.57. The maximum absolute atomic E-state index is 14.6. The minimum atomic E-state index is -4.12. The van der Waals surface area contributed by atoms with Crippen molar-refractivity contribution in [2.24, 2.45) is 5.41 Å². The van der Waals surface area contributed by atoms with Gasteiger partial charge in [-0.15, -0.1) is 0 Å². The molecule has 1 fully saturated rings. The number of pyridine rings is 1. The second kappa shape index (κ2) is 17.4. The van der Waals surface area contributed by atoms with Crippen molar-refractivity contribution in [2.75, 3.05) is 19.0 Å². The highest BCUT2D eigenvalue weighted by atomic mass is 32.2. The molecule has 3 atom stereocenters. The van der Waals surface area contributed by atoms with E-state index in [4.69, 9.17) is 19.2 Å². The van der Waals surface area contributed by atoms with Crippen molar-refractivity contribution in [3.8, 4) is 22.8 Å². The molecule has 1 aliphatic rings. The van der Waals surface area contributed by atoms with Gasteiger partial charge in [0.05, 0.1) is 29.8 Å². The van der Waals surface area contributed by atoms with Crippen molar-refractivity contribution in [2.45, 2.75) is 76.6 Å². The Labute approximate surface area is 349 Å². The number of carbonyl (C=O) groups is 4. The van der Waals surface area contributed by atoms with Gasteiger partial charge >= 0.3 is 6.09 Å². The third-order valence-electron chi connectivity index (χ3n) is 9.66. The number of anilines is 1. The normalized spacial score (nSPS) is 16.1. The van der Waals surface area contributed by atoms with Gasteiger partial charge in [0.1, 0.15) is 35.3 Å². The monoisotopic (exact) mass is 835 g/mol. The Morgan fingerprint density at radius 3 is 2.10 bits per heavy atom. The van der Waals surface area contributed by atoms with Crippen LogP contribution in [0.4, 0.5) is 10.5 Å². The molecule has 314 valence electrons. The number of hydrogen-bond donors (Lipinski definition) is 3. The zero-order chi connectivity index (χ0) is 43.4. The number of hydrogen-bond acceptors (Lipinski definition) is 10. The van der Waals surface area contributed by atoms with E-state index >= 15 is 0 Å². The Balaban J connectivity index is 1.29. The molecule has 0 aliphatic carbocycles. The van der Waals surface area contributed by atoms with Crippen molar-refractivity contribution >= 4 is 50.4 Å². The first kappa shape index (κ1) is 43.1. The fourth-order valence-electron chi connectivity index (χ4n) is 6.72. The number of fused-ring (bicyclic) bond motifs is 1. The van der Waals surface area contributed by atoms with Crippen LogP contribution in [0.3, 0.4) is 0 Å². The van der Waals surface area contributed by atoms with Crippen LogP contribution in [0, 0.1) is 5.41 Å². The van der Waals surface area contributed by atoms with Crippen LogP contribution in [0.5, 0.6) is 11.5 Å². The lowest BCUT2D eigenvalue weighted by atomic mass is 9.85. The number of sulfonamides is 1. The quantitative estimate of drug-likeness (QED) is 0.126. The summed E-state index contributed by atoms with van der Waals surface area (Å²) in [6.07, 6.45) is -1.38. The molecule has 4 amide bonds. The van der Waals surface area contributed by atoms with Crippen molar-refractivity contribution in [1.29, 1.82) is 0 Å². The van der Waals surface area contributed by atoms with Crippen molar-refractivity contribution < 1.29 is 41.8 Å². The first-order valence-electron chi connectivity index (χ1n) is 19.4. The Bertz CT molecular complexity index is 2480. The first-order chi connectivity index (χ1) is 28.3. The standard InChI is InChI=1S/C45H49N5O9S/c1-44(2,3)39(48-43(54)59-45(4,5)6)42(53)50-27-32(58-38-26-35(28-14-10-8-11-15-28)47-36-24-31(57-7)22-23-34(36)38)25-37(50)41(52)46-30-20-18-29(19-21-30)40(51)49-60(55,56)33-16-12-9-13-17-33/h8-24,26,32,37,39H,25,27H2,1-7H3,(H,46,52)(H,48,54)(H,49,51)/t32-,37+,39-/m1/s1. The zero-order valence-electron chi connectivity index (χ0n) is 34.5. The molecule has 2 heterocycles. The molecule has 0 bridgehead atoms. The Morgan fingerprint density at radius 1 is 0.833 bits per heavy atom. The molecule has 14 nitrogen and oxygen atoms in total. The van der Waals surface area contributed by atoms with E-state index in [0.29, 0.717) is 33.8 Å². The van der Waals surface area contributed by atoms with Gasteiger partial charge in [-0.1, -0.05) is 69.3 Å². The smallest absolute Gasteiger partial charge is 0.408 e. The van der Waals surface area contributed by atoms with Crippen LogP contribution in [0.15, 0.2) is 114 Å². The fraction of sp³-hybridized carbons (Fsp3) is 0.311.